The first kappa shape index (κ1) is 19.3. The minimum Gasteiger partial charge on any atom is -0.340 e. The molecule has 1 amide bonds. The first-order valence-corrected chi connectivity index (χ1v) is 10.2. The SMILES string of the molecule is O=C(CCCn1cnc2ccccc2c1=O)N1CCN(Cc2ccccc2)CC1. The molecule has 6 heteroatoms. The van der Waals surface area contributed by atoms with E-state index in [1.807, 2.05) is 29.2 Å². The van der Waals surface area contributed by atoms with Gasteiger partial charge in [0.2, 0.25) is 5.91 Å². The van der Waals surface area contributed by atoms with E-state index in [9.17, 15) is 9.59 Å². The summed E-state index contributed by atoms with van der Waals surface area (Å²) in [6, 6.07) is 17.8. The Kier molecular flexibility index (Phi) is 6.00. The molecule has 1 saturated heterocycles. The predicted molar refractivity (Wildman–Crippen MR) is 114 cm³/mol. The third kappa shape index (κ3) is 4.71. The quantitative estimate of drug-likeness (QED) is 0.649. The smallest absolute Gasteiger partial charge is 0.261 e. The summed E-state index contributed by atoms with van der Waals surface area (Å²) < 4.78 is 1.60. The lowest BCUT2D eigenvalue weighted by molar-refractivity contribution is -0.133. The fourth-order valence-corrected chi connectivity index (χ4v) is 3.82. The van der Waals surface area contributed by atoms with Crippen molar-refractivity contribution in [1.82, 2.24) is 19.4 Å². The molecule has 0 aliphatic carbocycles. The lowest BCUT2D eigenvalue weighted by Gasteiger charge is -2.34. The van der Waals surface area contributed by atoms with Crippen molar-refractivity contribution < 1.29 is 4.79 Å². The maximum absolute atomic E-state index is 12.6. The third-order valence-corrected chi connectivity index (χ3v) is 5.50. The maximum atomic E-state index is 12.6. The molecule has 0 saturated carbocycles. The molecule has 6 nitrogen and oxygen atoms in total. The maximum Gasteiger partial charge on any atom is 0.261 e. The summed E-state index contributed by atoms with van der Waals surface area (Å²) in [6.45, 7) is 4.77. The highest BCUT2D eigenvalue weighted by molar-refractivity contribution is 5.77. The van der Waals surface area contributed by atoms with Gasteiger partial charge in [-0.05, 0) is 24.1 Å². The molecule has 29 heavy (non-hydrogen) atoms. The summed E-state index contributed by atoms with van der Waals surface area (Å²) in [6.07, 6.45) is 2.68. The van der Waals surface area contributed by atoms with Crippen molar-refractivity contribution in [2.75, 3.05) is 26.2 Å². The van der Waals surface area contributed by atoms with Crippen molar-refractivity contribution in [1.29, 1.82) is 0 Å². The van der Waals surface area contributed by atoms with Crippen LogP contribution >= 0.6 is 0 Å². The van der Waals surface area contributed by atoms with Crippen LogP contribution in [0, 0.1) is 0 Å². The number of carbonyl (C=O) groups excluding carboxylic acids is 1. The lowest BCUT2D eigenvalue weighted by Crippen LogP contribution is -2.48. The van der Waals surface area contributed by atoms with E-state index in [0.29, 0.717) is 30.3 Å². The molecule has 3 aromatic rings. The molecule has 2 heterocycles. The van der Waals surface area contributed by atoms with Crippen molar-refractivity contribution >= 4 is 16.8 Å². The van der Waals surface area contributed by atoms with E-state index >= 15 is 0 Å². The lowest BCUT2D eigenvalue weighted by atomic mass is 10.2. The fraction of sp³-hybridized carbons (Fsp3) is 0.348. The van der Waals surface area contributed by atoms with Gasteiger partial charge in [-0.15, -0.1) is 0 Å². The number of nitrogens with zero attached hydrogens (tertiary/aromatic N) is 4. The van der Waals surface area contributed by atoms with Gasteiger partial charge < -0.3 is 4.90 Å². The van der Waals surface area contributed by atoms with Crippen LogP contribution in [0.5, 0.6) is 0 Å². The predicted octanol–water partition coefficient (Wildman–Crippen LogP) is 2.52. The van der Waals surface area contributed by atoms with E-state index in [0.717, 1.165) is 32.7 Å². The topological polar surface area (TPSA) is 58.4 Å². The molecule has 0 unspecified atom stereocenters. The molecular weight excluding hydrogens is 364 g/mol. The Bertz CT molecular complexity index is 1020. The van der Waals surface area contributed by atoms with Gasteiger partial charge in [0.15, 0.2) is 0 Å². The van der Waals surface area contributed by atoms with Crippen LogP contribution in [-0.2, 0) is 17.9 Å². The molecule has 0 bridgehead atoms. The van der Waals surface area contributed by atoms with Crippen LogP contribution in [0.15, 0.2) is 65.7 Å². The van der Waals surface area contributed by atoms with E-state index in [1.54, 1.807) is 17.0 Å². The molecule has 1 aliphatic rings. The highest BCUT2D eigenvalue weighted by Crippen LogP contribution is 2.10. The monoisotopic (exact) mass is 390 g/mol. The number of amides is 1. The number of hydrogen-bond acceptors (Lipinski definition) is 4. The third-order valence-electron chi connectivity index (χ3n) is 5.50. The highest BCUT2D eigenvalue weighted by Gasteiger charge is 2.20. The second-order valence-corrected chi connectivity index (χ2v) is 7.51. The summed E-state index contributed by atoms with van der Waals surface area (Å²) in [7, 11) is 0. The summed E-state index contributed by atoms with van der Waals surface area (Å²) in [5, 5.41) is 0.621. The summed E-state index contributed by atoms with van der Waals surface area (Å²) >= 11 is 0. The van der Waals surface area contributed by atoms with Gasteiger partial charge in [0.25, 0.3) is 5.56 Å². The zero-order valence-corrected chi connectivity index (χ0v) is 16.5. The summed E-state index contributed by atoms with van der Waals surface area (Å²) in [4.78, 5) is 33.7. The Morgan fingerprint density at radius 3 is 2.45 bits per heavy atom. The zero-order valence-electron chi connectivity index (χ0n) is 16.5. The van der Waals surface area contributed by atoms with Crippen LogP contribution in [0.3, 0.4) is 0 Å². The number of para-hydroxylation sites is 1. The molecule has 1 aliphatic heterocycles. The highest BCUT2D eigenvalue weighted by atomic mass is 16.2. The molecule has 1 fully saturated rings. The first-order chi connectivity index (χ1) is 14.2. The van der Waals surface area contributed by atoms with Crippen molar-refractivity contribution in [2.45, 2.75) is 25.9 Å². The van der Waals surface area contributed by atoms with Crippen molar-refractivity contribution in [2.24, 2.45) is 0 Å². The zero-order chi connectivity index (χ0) is 20.1. The average Bonchev–Trinajstić information content (AvgIpc) is 2.77. The van der Waals surface area contributed by atoms with Crippen molar-refractivity contribution in [3.8, 4) is 0 Å². The average molecular weight is 390 g/mol. The Morgan fingerprint density at radius 2 is 1.66 bits per heavy atom. The van der Waals surface area contributed by atoms with Gasteiger partial charge in [-0.1, -0.05) is 42.5 Å². The molecule has 2 aromatic carbocycles. The van der Waals surface area contributed by atoms with Crippen LogP contribution in [0.1, 0.15) is 18.4 Å². The van der Waals surface area contributed by atoms with E-state index in [2.05, 4.69) is 34.1 Å². The van der Waals surface area contributed by atoms with Crippen molar-refractivity contribution in [3.05, 3.63) is 76.8 Å². The Morgan fingerprint density at radius 1 is 0.931 bits per heavy atom. The standard InChI is InChI=1S/C23H26N4O2/c28-22(26-15-13-25(14-16-26)17-19-7-2-1-3-8-19)11-6-12-27-18-24-21-10-5-4-9-20(21)23(27)29/h1-5,7-10,18H,6,11-17H2. The fourth-order valence-electron chi connectivity index (χ4n) is 3.82. The van der Waals surface area contributed by atoms with Gasteiger partial charge in [0, 0.05) is 45.7 Å². The summed E-state index contributed by atoms with van der Waals surface area (Å²) in [5.74, 6) is 0.172. The number of benzene rings is 2. The Labute approximate surface area is 170 Å². The second kappa shape index (κ2) is 9.01. The van der Waals surface area contributed by atoms with Gasteiger partial charge >= 0.3 is 0 Å². The number of fused-ring (bicyclic) bond motifs is 1. The Hall–Kier alpha value is -2.99. The number of piperazine rings is 1. The van der Waals surface area contributed by atoms with E-state index in [-0.39, 0.29) is 11.5 Å². The minimum atomic E-state index is -0.0439. The van der Waals surface area contributed by atoms with Crippen LogP contribution in [0.25, 0.3) is 10.9 Å². The molecule has 150 valence electrons. The van der Waals surface area contributed by atoms with Gasteiger partial charge in [-0.3, -0.25) is 19.1 Å². The molecule has 4 rings (SSSR count). The normalized spacial score (nSPS) is 15.0. The number of aromatic nitrogens is 2. The molecule has 0 atom stereocenters. The molecule has 1 aromatic heterocycles. The van der Waals surface area contributed by atoms with Crippen LogP contribution in [0.4, 0.5) is 0 Å². The summed E-state index contributed by atoms with van der Waals surface area (Å²) in [5.41, 5.74) is 1.97. The minimum absolute atomic E-state index is 0.0439. The van der Waals surface area contributed by atoms with Crippen LogP contribution < -0.4 is 5.56 Å². The number of rotatable bonds is 6. The van der Waals surface area contributed by atoms with Gasteiger partial charge in [0.05, 0.1) is 17.2 Å². The molecule has 0 spiro atoms. The molecule has 0 N–H and O–H groups in total. The van der Waals surface area contributed by atoms with Crippen molar-refractivity contribution in [3.63, 3.8) is 0 Å². The van der Waals surface area contributed by atoms with E-state index < -0.39 is 0 Å². The van der Waals surface area contributed by atoms with Crippen LogP contribution in [0.2, 0.25) is 0 Å². The van der Waals surface area contributed by atoms with Gasteiger partial charge in [-0.2, -0.15) is 0 Å². The van der Waals surface area contributed by atoms with Gasteiger partial charge in [-0.25, -0.2) is 4.98 Å². The Balaban J connectivity index is 1.25. The van der Waals surface area contributed by atoms with Gasteiger partial charge in [0.1, 0.15) is 0 Å². The largest absolute Gasteiger partial charge is 0.340 e. The second-order valence-electron chi connectivity index (χ2n) is 7.51. The number of aryl methyl sites for hydroxylation is 1. The van der Waals surface area contributed by atoms with E-state index in [1.165, 1.54) is 5.56 Å². The first-order valence-electron chi connectivity index (χ1n) is 10.2. The number of hydrogen-bond donors (Lipinski definition) is 0. The van der Waals surface area contributed by atoms with Crippen LogP contribution in [-0.4, -0.2) is 51.4 Å². The number of carbonyl (C=O) groups is 1. The molecular formula is C23H26N4O2. The molecule has 0 radical (unpaired) electrons. The van der Waals surface area contributed by atoms with E-state index in [4.69, 9.17) is 0 Å².